The van der Waals surface area contributed by atoms with E-state index >= 15 is 0 Å². The number of ether oxygens (including phenoxy) is 3. The molecular formula is C22H24O4. The monoisotopic (exact) mass is 352 g/mol. The summed E-state index contributed by atoms with van der Waals surface area (Å²) in [5.41, 5.74) is 4.11. The van der Waals surface area contributed by atoms with Crippen LogP contribution in [0.5, 0.6) is 11.5 Å². The first kappa shape index (κ1) is 18.1. The zero-order valence-corrected chi connectivity index (χ0v) is 15.5. The Labute approximate surface area is 154 Å². The Bertz CT molecular complexity index is 798. The number of carbonyl (C=O) groups is 1. The van der Waals surface area contributed by atoms with Gasteiger partial charge in [0, 0.05) is 18.4 Å². The minimum Gasteiger partial charge on any atom is -0.493 e. The maximum atomic E-state index is 11.8. The first-order valence-electron chi connectivity index (χ1n) is 8.87. The van der Waals surface area contributed by atoms with E-state index in [1.54, 1.807) is 27.0 Å². The molecule has 0 fully saturated rings. The van der Waals surface area contributed by atoms with Gasteiger partial charge in [0.1, 0.15) is 6.10 Å². The molecule has 2 aromatic rings. The van der Waals surface area contributed by atoms with E-state index < -0.39 is 0 Å². The average molecular weight is 352 g/mol. The van der Waals surface area contributed by atoms with Crippen molar-refractivity contribution in [3.05, 3.63) is 64.7 Å². The molecule has 0 atom stereocenters. The fourth-order valence-corrected chi connectivity index (χ4v) is 3.21. The van der Waals surface area contributed by atoms with Gasteiger partial charge in [0.25, 0.3) is 0 Å². The second-order valence-electron chi connectivity index (χ2n) is 6.37. The van der Waals surface area contributed by atoms with Crippen molar-refractivity contribution in [1.82, 2.24) is 0 Å². The number of carbonyl (C=O) groups excluding carboxylic acids is 1. The number of rotatable bonds is 6. The van der Waals surface area contributed by atoms with Crippen molar-refractivity contribution in [2.45, 2.75) is 32.8 Å². The first-order chi connectivity index (χ1) is 12.6. The third kappa shape index (κ3) is 4.07. The van der Waals surface area contributed by atoms with Crippen molar-refractivity contribution in [2.24, 2.45) is 0 Å². The van der Waals surface area contributed by atoms with Crippen molar-refractivity contribution in [2.75, 3.05) is 13.7 Å². The van der Waals surface area contributed by atoms with Gasteiger partial charge in [0.2, 0.25) is 0 Å². The summed E-state index contributed by atoms with van der Waals surface area (Å²) in [7, 11) is 1.63. The molecule has 2 aromatic carbocycles. The summed E-state index contributed by atoms with van der Waals surface area (Å²) in [5, 5.41) is 0. The maximum Gasteiger partial charge on any atom is 0.333 e. The fourth-order valence-electron chi connectivity index (χ4n) is 3.21. The van der Waals surface area contributed by atoms with Crippen LogP contribution in [0.2, 0.25) is 0 Å². The van der Waals surface area contributed by atoms with Gasteiger partial charge in [0.15, 0.2) is 11.5 Å². The number of benzene rings is 2. The minimum absolute atomic E-state index is 0.0895. The highest BCUT2D eigenvalue weighted by atomic mass is 16.5. The number of esters is 1. The van der Waals surface area contributed by atoms with Crippen molar-refractivity contribution < 1.29 is 19.0 Å². The second-order valence-corrected chi connectivity index (χ2v) is 6.37. The summed E-state index contributed by atoms with van der Waals surface area (Å²) in [4.78, 5) is 11.8. The van der Waals surface area contributed by atoms with Crippen LogP contribution in [-0.4, -0.2) is 25.8 Å². The molecule has 4 nitrogen and oxygen atoms in total. The summed E-state index contributed by atoms with van der Waals surface area (Å²) >= 11 is 0. The van der Waals surface area contributed by atoms with E-state index in [1.807, 2.05) is 18.2 Å². The van der Waals surface area contributed by atoms with E-state index in [1.165, 1.54) is 11.1 Å². The molecule has 0 aromatic heterocycles. The van der Waals surface area contributed by atoms with Gasteiger partial charge in [-0.15, -0.1) is 0 Å². The predicted octanol–water partition coefficient (Wildman–Crippen LogP) is 4.21. The summed E-state index contributed by atoms with van der Waals surface area (Å²) in [6.07, 6.45) is 3.67. The number of methoxy groups -OCH3 is 1. The molecule has 0 unspecified atom stereocenters. The molecule has 0 N–H and O–H groups in total. The topological polar surface area (TPSA) is 44.8 Å². The molecule has 0 saturated heterocycles. The molecular weight excluding hydrogens is 328 g/mol. The highest BCUT2D eigenvalue weighted by Crippen LogP contribution is 2.33. The maximum absolute atomic E-state index is 11.8. The normalized spacial score (nSPS) is 14.0. The largest absolute Gasteiger partial charge is 0.493 e. The SMILES string of the molecule is CCOC(=O)/C(C)=C/c1ccc(OC)c(OC2Cc3ccccc3C2)c1. The quantitative estimate of drug-likeness (QED) is 0.577. The van der Waals surface area contributed by atoms with Gasteiger partial charge >= 0.3 is 5.97 Å². The fraction of sp³-hybridized carbons (Fsp3) is 0.318. The zero-order valence-electron chi connectivity index (χ0n) is 15.5. The molecule has 4 heteroatoms. The Morgan fingerprint density at radius 3 is 2.42 bits per heavy atom. The molecule has 3 rings (SSSR count). The molecule has 0 aliphatic heterocycles. The molecule has 0 saturated carbocycles. The van der Waals surface area contributed by atoms with Crippen LogP contribution >= 0.6 is 0 Å². The molecule has 0 amide bonds. The van der Waals surface area contributed by atoms with E-state index in [9.17, 15) is 4.79 Å². The van der Waals surface area contributed by atoms with Crippen molar-refractivity contribution in [3.63, 3.8) is 0 Å². The van der Waals surface area contributed by atoms with E-state index in [0.29, 0.717) is 23.7 Å². The van der Waals surface area contributed by atoms with Gasteiger partial charge in [-0.1, -0.05) is 30.3 Å². The Morgan fingerprint density at radius 2 is 1.81 bits per heavy atom. The van der Waals surface area contributed by atoms with Gasteiger partial charge in [-0.25, -0.2) is 4.79 Å². The van der Waals surface area contributed by atoms with Crippen LogP contribution in [0, 0.1) is 0 Å². The van der Waals surface area contributed by atoms with Gasteiger partial charge in [-0.3, -0.25) is 0 Å². The zero-order chi connectivity index (χ0) is 18.5. The smallest absolute Gasteiger partial charge is 0.333 e. The van der Waals surface area contributed by atoms with E-state index in [0.717, 1.165) is 18.4 Å². The molecule has 136 valence electrons. The van der Waals surface area contributed by atoms with Gasteiger partial charge < -0.3 is 14.2 Å². The summed E-state index contributed by atoms with van der Waals surface area (Å²) in [6, 6.07) is 14.1. The summed E-state index contributed by atoms with van der Waals surface area (Å²) in [6.45, 7) is 3.91. The summed E-state index contributed by atoms with van der Waals surface area (Å²) in [5.74, 6) is 1.07. The van der Waals surface area contributed by atoms with Crippen LogP contribution in [0.25, 0.3) is 6.08 Å². The van der Waals surface area contributed by atoms with E-state index in [-0.39, 0.29) is 12.1 Å². The van der Waals surface area contributed by atoms with Crippen molar-refractivity contribution in [1.29, 1.82) is 0 Å². The van der Waals surface area contributed by atoms with Crippen molar-refractivity contribution in [3.8, 4) is 11.5 Å². The Morgan fingerprint density at radius 1 is 1.12 bits per heavy atom. The average Bonchev–Trinajstić information content (AvgIpc) is 3.04. The standard InChI is InChI=1S/C22H24O4/c1-4-25-22(23)15(2)11-16-9-10-20(24-3)21(12-16)26-19-13-17-7-5-6-8-18(17)14-19/h5-12,19H,4,13-14H2,1-3H3/b15-11+. The molecule has 26 heavy (non-hydrogen) atoms. The highest BCUT2D eigenvalue weighted by molar-refractivity contribution is 5.93. The van der Waals surface area contributed by atoms with E-state index in [4.69, 9.17) is 14.2 Å². The number of hydrogen-bond acceptors (Lipinski definition) is 4. The van der Waals surface area contributed by atoms with Crippen LogP contribution in [-0.2, 0) is 22.4 Å². The lowest BCUT2D eigenvalue weighted by Gasteiger charge is -2.16. The van der Waals surface area contributed by atoms with Gasteiger partial charge in [-0.2, -0.15) is 0 Å². The minimum atomic E-state index is -0.308. The molecule has 0 bridgehead atoms. The Hall–Kier alpha value is -2.75. The third-order valence-corrected chi connectivity index (χ3v) is 4.48. The molecule has 1 aliphatic rings. The van der Waals surface area contributed by atoms with Crippen LogP contribution in [0.15, 0.2) is 48.0 Å². The highest BCUT2D eigenvalue weighted by Gasteiger charge is 2.23. The van der Waals surface area contributed by atoms with E-state index in [2.05, 4.69) is 24.3 Å². The molecule has 0 heterocycles. The molecule has 0 radical (unpaired) electrons. The lowest BCUT2D eigenvalue weighted by molar-refractivity contribution is -0.138. The first-order valence-corrected chi connectivity index (χ1v) is 8.87. The predicted molar refractivity (Wildman–Crippen MR) is 102 cm³/mol. The van der Waals surface area contributed by atoms with Crippen LogP contribution in [0.1, 0.15) is 30.5 Å². The number of hydrogen-bond donors (Lipinski definition) is 0. The second kappa shape index (κ2) is 8.09. The van der Waals surface area contributed by atoms with Gasteiger partial charge in [0.05, 0.1) is 13.7 Å². The van der Waals surface area contributed by atoms with Crippen LogP contribution in [0.3, 0.4) is 0 Å². The van der Waals surface area contributed by atoms with Crippen molar-refractivity contribution >= 4 is 12.0 Å². The van der Waals surface area contributed by atoms with Crippen LogP contribution < -0.4 is 9.47 Å². The lowest BCUT2D eigenvalue weighted by Crippen LogP contribution is -2.16. The summed E-state index contributed by atoms with van der Waals surface area (Å²) < 4.78 is 16.7. The third-order valence-electron chi connectivity index (χ3n) is 4.48. The number of fused-ring (bicyclic) bond motifs is 1. The lowest BCUT2D eigenvalue weighted by atomic mass is 10.1. The molecule has 1 aliphatic carbocycles. The molecule has 0 spiro atoms. The van der Waals surface area contributed by atoms with Crippen LogP contribution in [0.4, 0.5) is 0 Å². The van der Waals surface area contributed by atoms with Gasteiger partial charge in [-0.05, 0) is 48.7 Å². The Balaban J connectivity index is 1.78. The Kier molecular flexibility index (Phi) is 5.61.